The van der Waals surface area contributed by atoms with Crippen LogP contribution in [0.15, 0.2) is 84.9 Å². The third-order valence-corrected chi connectivity index (χ3v) is 17.7. The number of carbonyl (C=O) groups is 4. The Morgan fingerprint density at radius 2 is 1.69 bits per heavy atom. The van der Waals surface area contributed by atoms with Crippen LogP contribution in [0.1, 0.15) is 83.5 Å². The molecule has 10 rings (SSSR count). The van der Waals surface area contributed by atoms with E-state index in [1.165, 1.54) is 17.0 Å². The Balaban J connectivity index is 0.757. The van der Waals surface area contributed by atoms with E-state index in [0.717, 1.165) is 72.3 Å². The summed E-state index contributed by atoms with van der Waals surface area (Å²) in [4.78, 5) is 76.9. The Hall–Kier alpha value is -6.77. The fraction of sp³-hybridized carbons (Fsp3) is 0.459. The van der Waals surface area contributed by atoms with Gasteiger partial charge in [-0.1, -0.05) is 87.5 Å². The number of aromatic hydroxyl groups is 1. The number of aliphatic hydroxyl groups excluding tert-OH is 1. The van der Waals surface area contributed by atoms with E-state index in [2.05, 4.69) is 27.1 Å². The fourth-order valence-corrected chi connectivity index (χ4v) is 13.2. The third kappa shape index (κ3) is 12.5. The zero-order valence-electron chi connectivity index (χ0n) is 46.5. The lowest BCUT2D eigenvalue weighted by Crippen LogP contribution is -2.58. The summed E-state index contributed by atoms with van der Waals surface area (Å²) in [5.74, 6) is -1.50. The number of phenols is 1. The maximum Gasteiger partial charge on any atom is 0.319 e. The predicted octanol–water partition coefficient (Wildman–Crippen LogP) is 8.61. The van der Waals surface area contributed by atoms with Gasteiger partial charge in [-0.15, -0.1) is 11.3 Å². The van der Waals surface area contributed by atoms with Gasteiger partial charge in [-0.25, -0.2) is 9.37 Å². The molecule has 0 radical (unpaired) electrons. The average molecular weight is 1140 g/mol. The van der Waals surface area contributed by atoms with Crippen LogP contribution in [0.3, 0.4) is 0 Å². The van der Waals surface area contributed by atoms with Gasteiger partial charge in [0.25, 0.3) is 0 Å². The number of likely N-dealkylation sites (tertiary alicyclic amines) is 2. The van der Waals surface area contributed by atoms with Gasteiger partial charge in [0.2, 0.25) is 23.6 Å². The van der Waals surface area contributed by atoms with Crippen molar-refractivity contribution in [2.45, 2.75) is 110 Å². The summed E-state index contributed by atoms with van der Waals surface area (Å²) in [6.45, 7) is 16.3. The first kappa shape index (κ1) is 57.5. The van der Waals surface area contributed by atoms with Crippen molar-refractivity contribution in [1.29, 1.82) is 0 Å². The summed E-state index contributed by atoms with van der Waals surface area (Å²) < 4.78 is 30.1. The number of carbonyl (C=O) groups excluding carboxylic acids is 4. The molecule has 1 aliphatic carbocycles. The van der Waals surface area contributed by atoms with Gasteiger partial charge in [-0.2, -0.15) is 9.97 Å². The van der Waals surface area contributed by atoms with Gasteiger partial charge in [0.1, 0.15) is 41.9 Å². The second-order valence-electron chi connectivity index (χ2n) is 23.0. The Labute approximate surface area is 480 Å². The Kier molecular flexibility index (Phi) is 17.3. The number of hydrogen-bond donors (Lipinski definition) is 4. The lowest BCUT2D eigenvalue weighted by Gasteiger charge is -2.38. The summed E-state index contributed by atoms with van der Waals surface area (Å²) in [6, 6.07) is 17.9. The second-order valence-corrected chi connectivity index (χ2v) is 24.3. The van der Waals surface area contributed by atoms with Gasteiger partial charge < -0.3 is 45.0 Å². The van der Waals surface area contributed by atoms with Crippen molar-refractivity contribution >= 4 is 74.1 Å². The molecular formula is C61H71ClFN9O8S. The first-order chi connectivity index (χ1) is 38.8. The highest BCUT2D eigenvalue weighted by molar-refractivity contribution is 7.13. The molecule has 4 fully saturated rings. The highest BCUT2D eigenvalue weighted by atomic mass is 35.5. The number of amides is 4. The molecule has 0 bridgehead atoms. The van der Waals surface area contributed by atoms with Crippen molar-refractivity contribution in [2.24, 2.45) is 11.3 Å². The van der Waals surface area contributed by atoms with Crippen LogP contribution < -0.4 is 20.3 Å². The van der Waals surface area contributed by atoms with E-state index in [9.17, 15) is 29.4 Å². The number of nitrogens with zero attached hydrogens (tertiary/aromatic N) is 7. The van der Waals surface area contributed by atoms with Gasteiger partial charge >= 0.3 is 6.01 Å². The number of piperazine rings is 1. The number of piperidine rings is 1. The smallest absolute Gasteiger partial charge is 0.319 e. The van der Waals surface area contributed by atoms with E-state index in [1.54, 1.807) is 28.4 Å². The van der Waals surface area contributed by atoms with Crippen molar-refractivity contribution in [2.75, 3.05) is 63.9 Å². The summed E-state index contributed by atoms with van der Waals surface area (Å²) in [6.07, 6.45) is 4.39. The minimum absolute atomic E-state index is 0.0303. The van der Waals surface area contributed by atoms with Gasteiger partial charge in [-0.3, -0.25) is 24.1 Å². The lowest BCUT2D eigenvalue weighted by atomic mass is 9.85. The van der Waals surface area contributed by atoms with Crippen molar-refractivity contribution in [1.82, 2.24) is 40.3 Å². The lowest BCUT2D eigenvalue weighted by molar-refractivity contribution is -0.144. The molecule has 4 N–H and O–H groups in total. The van der Waals surface area contributed by atoms with E-state index in [-0.39, 0.29) is 83.4 Å². The number of ether oxygens (including phenoxy) is 2. The summed E-state index contributed by atoms with van der Waals surface area (Å²) in [7, 11) is 0. The third-order valence-electron chi connectivity index (χ3n) is 16.5. The summed E-state index contributed by atoms with van der Waals surface area (Å²) in [5.41, 5.74) is 4.53. The van der Waals surface area contributed by atoms with Crippen LogP contribution in [0.25, 0.3) is 43.2 Å². The normalized spacial score (nSPS) is 20.9. The van der Waals surface area contributed by atoms with Crippen molar-refractivity contribution < 1.29 is 43.3 Å². The number of aromatic nitrogens is 3. The van der Waals surface area contributed by atoms with Crippen LogP contribution in [0.5, 0.6) is 11.8 Å². The van der Waals surface area contributed by atoms with E-state index in [1.807, 2.05) is 93.6 Å². The van der Waals surface area contributed by atoms with Crippen LogP contribution in [-0.4, -0.2) is 153 Å². The first-order valence-corrected chi connectivity index (χ1v) is 29.3. The van der Waals surface area contributed by atoms with Gasteiger partial charge in [0.05, 0.1) is 39.9 Å². The number of aliphatic hydroxyl groups is 1. The number of thiazole rings is 1. The number of hydrogen-bond acceptors (Lipinski definition) is 14. The topological polar surface area (TPSA) is 203 Å². The number of halogens is 2. The average Bonchev–Trinajstić information content (AvgIpc) is 4.41. The molecule has 4 amide bonds. The number of phenolic OH excluding ortho intramolecular Hbond substituents is 1. The Morgan fingerprint density at radius 3 is 2.40 bits per heavy atom. The predicted molar refractivity (Wildman–Crippen MR) is 312 cm³/mol. The van der Waals surface area contributed by atoms with E-state index in [4.69, 9.17) is 31.0 Å². The number of fused-ring (bicyclic) bond motifs is 2. The largest absolute Gasteiger partial charge is 0.508 e. The fourth-order valence-electron chi connectivity index (χ4n) is 12.1. The number of benzene rings is 4. The molecule has 17 nitrogen and oxygen atoms in total. The van der Waals surface area contributed by atoms with Crippen molar-refractivity contribution in [3.05, 3.63) is 107 Å². The van der Waals surface area contributed by atoms with Gasteiger partial charge in [0.15, 0.2) is 5.82 Å². The maximum absolute atomic E-state index is 17.4. The van der Waals surface area contributed by atoms with Crippen LogP contribution in [-0.2, 0) is 23.9 Å². The summed E-state index contributed by atoms with van der Waals surface area (Å²) >= 11 is 8.56. The first-order valence-electron chi connectivity index (χ1n) is 28.0. The van der Waals surface area contributed by atoms with Crippen molar-refractivity contribution in [3.8, 4) is 33.3 Å². The van der Waals surface area contributed by atoms with Crippen LogP contribution >= 0.6 is 22.9 Å². The molecule has 4 aliphatic rings. The molecular weight excluding hydrogens is 1070 g/mol. The van der Waals surface area contributed by atoms with Gasteiger partial charge in [-0.05, 0) is 122 Å². The zero-order valence-corrected chi connectivity index (χ0v) is 48.1. The summed E-state index contributed by atoms with van der Waals surface area (Å²) in [5, 5.41) is 29.4. The van der Waals surface area contributed by atoms with Crippen LogP contribution in [0, 0.1) is 24.1 Å². The minimum Gasteiger partial charge on any atom is -0.508 e. The van der Waals surface area contributed by atoms with Gasteiger partial charge in [0, 0.05) is 56.1 Å². The highest BCUT2D eigenvalue weighted by Gasteiger charge is 2.45. The molecule has 20 heteroatoms. The molecule has 3 saturated heterocycles. The minimum atomic E-state index is -0.990. The standard InChI is InChI=1S/C61H71ClFN9O8S/c1-7-51(76)70-23-25-71(26-24-70)57-45-30-46(62)52(44-28-41(73)27-40-11-8-9-12-43(40)44)53(63)54(45)67-60(68-57)80-49-14-10-13-47(49)69-21-19-37(20-22-69)32-79-33-50(75)66-56(61(4,5)6)59(78)72-31-42(74)29-48(72)58(77)65-35(2)38-15-17-39(18-16-38)55-36(3)64-34-81-55/h7-9,11-12,15-18,27-28,30,34-35,37,42,47-49,56,73-74H,1,10,13-14,19-26,29,31-33H2,2-6H3,(H,65,77)(H,66,75)/t35-,42+,47-,48-,49-,56+/m0/s1. The van der Waals surface area contributed by atoms with Crippen LogP contribution in [0.2, 0.25) is 5.02 Å². The molecule has 0 unspecified atom stereocenters. The number of rotatable bonds is 16. The molecule has 1 saturated carbocycles. The van der Waals surface area contributed by atoms with E-state index in [0.29, 0.717) is 54.9 Å². The maximum atomic E-state index is 17.4. The number of aryl methyl sites for hydroxylation is 1. The Morgan fingerprint density at radius 1 is 0.951 bits per heavy atom. The Bertz CT molecular complexity index is 3320. The van der Waals surface area contributed by atoms with Crippen LogP contribution in [0.4, 0.5) is 10.2 Å². The quantitative estimate of drug-likeness (QED) is 0.0672. The number of anilines is 1. The molecule has 0 spiro atoms. The molecule has 81 heavy (non-hydrogen) atoms. The monoisotopic (exact) mass is 1140 g/mol. The van der Waals surface area contributed by atoms with E-state index >= 15 is 4.39 Å². The molecule has 4 aromatic carbocycles. The molecule has 2 aromatic heterocycles. The SMILES string of the molecule is C=CC(=O)N1CCN(c2nc(O[C@H]3CCC[C@@H]3N3CCC(COCC(=O)N[C@H](C(=O)N4C[C@H](O)C[C@H]4C(=O)N[C@@H](C)c4ccc(-c5scnc5C)cc4)C(C)(C)C)CC3)nc3c(F)c(-c4cc(O)cc5ccccc45)c(Cl)cc23)CC1. The second kappa shape index (κ2) is 24.4. The highest BCUT2D eigenvalue weighted by Crippen LogP contribution is 2.43. The number of β-amino-alcohol motifs (C(OH)–C–C–N with tert-alkyl or cyclic N) is 1. The van der Waals surface area contributed by atoms with Crippen molar-refractivity contribution in [3.63, 3.8) is 0 Å². The molecule has 3 aliphatic heterocycles. The molecule has 428 valence electrons. The molecule has 6 atom stereocenters. The number of nitrogens with one attached hydrogen (secondary N) is 2. The molecule has 5 heterocycles. The molecule has 6 aromatic rings. The zero-order chi connectivity index (χ0) is 57.3. The van der Waals surface area contributed by atoms with E-state index < -0.39 is 41.2 Å².